The highest BCUT2D eigenvalue weighted by atomic mass is 16.3. The van der Waals surface area contributed by atoms with Gasteiger partial charge in [0.05, 0.1) is 12.1 Å². The summed E-state index contributed by atoms with van der Waals surface area (Å²) in [6, 6.07) is 3.68. The van der Waals surface area contributed by atoms with E-state index >= 15 is 0 Å². The molecule has 2 atom stereocenters. The van der Waals surface area contributed by atoms with Gasteiger partial charge in [0.25, 0.3) is 0 Å². The predicted molar refractivity (Wildman–Crippen MR) is 64.7 cm³/mol. The van der Waals surface area contributed by atoms with Crippen LogP contribution >= 0.6 is 0 Å². The van der Waals surface area contributed by atoms with E-state index < -0.39 is 12.1 Å². The van der Waals surface area contributed by atoms with Crippen molar-refractivity contribution in [1.29, 1.82) is 0 Å². The second kappa shape index (κ2) is 4.94. The van der Waals surface area contributed by atoms with Gasteiger partial charge in [0.15, 0.2) is 0 Å². The molecule has 0 unspecified atom stereocenters. The fraction of sp³-hybridized carbons (Fsp3) is 0.538. The summed E-state index contributed by atoms with van der Waals surface area (Å²) in [5.41, 5.74) is 6.47. The molecule has 0 amide bonds. The van der Waals surface area contributed by atoms with E-state index in [2.05, 4.69) is 0 Å². The standard InChI is InChI=1S/C13H19NO3/c14-12(13(17)8-3-1-2-4-8)10-6-5-9(15)7-11(10)16/h5-8,12-13,15-17H,1-4,14H2/t12-,13+/m1/s1. The molecule has 0 saturated heterocycles. The van der Waals surface area contributed by atoms with Gasteiger partial charge in [0, 0.05) is 11.6 Å². The first-order valence-corrected chi connectivity index (χ1v) is 6.05. The van der Waals surface area contributed by atoms with Gasteiger partial charge in [-0.15, -0.1) is 0 Å². The summed E-state index contributed by atoms with van der Waals surface area (Å²) < 4.78 is 0. The van der Waals surface area contributed by atoms with Crippen LogP contribution in [0.4, 0.5) is 0 Å². The van der Waals surface area contributed by atoms with Crippen LogP contribution in [0.2, 0.25) is 0 Å². The topological polar surface area (TPSA) is 86.7 Å². The summed E-state index contributed by atoms with van der Waals surface area (Å²) in [6.45, 7) is 0. The van der Waals surface area contributed by atoms with Crippen LogP contribution in [0, 0.1) is 5.92 Å². The van der Waals surface area contributed by atoms with E-state index in [0.717, 1.165) is 25.7 Å². The van der Waals surface area contributed by atoms with Crippen LogP contribution in [0.5, 0.6) is 11.5 Å². The third kappa shape index (κ3) is 2.53. The van der Waals surface area contributed by atoms with Crippen LogP contribution in [-0.4, -0.2) is 21.4 Å². The Kier molecular flexibility index (Phi) is 3.54. The molecule has 0 aromatic heterocycles. The molecular weight excluding hydrogens is 218 g/mol. The van der Waals surface area contributed by atoms with E-state index in [1.165, 1.54) is 12.1 Å². The maximum Gasteiger partial charge on any atom is 0.124 e. The molecule has 4 nitrogen and oxygen atoms in total. The Balaban J connectivity index is 2.15. The normalized spacial score (nSPS) is 20.4. The molecule has 0 aliphatic heterocycles. The smallest absolute Gasteiger partial charge is 0.124 e. The Bertz CT molecular complexity index is 388. The molecule has 0 spiro atoms. The Morgan fingerprint density at radius 3 is 2.41 bits per heavy atom. The highest BCUT2D eigenvalue weighted by Crippen LogP contribution is 2.35. The van der Waals surface area contributed by atoms with E-state index in [9.17, 15) is 15.3 Å². The summed E-state index contributed by atoms with van der Waals surface area (Å²) >= 11 is 0. The predicted octanol–water partition coefficient (Wildman–Crippen LogP) is 1.65. The fourth-order valence-electron chi connectivity index (χ4n) is 2.59. The second-order valence-corrected chi connectivity index (χ2v) is 4.80. The molecule has 1 aromatic rings. The van der Waals surface area contributed by atoms with Crippen LogP contribution in [-0.2, 0) is 0 Å². The number of aliphatic hydroxyl groups excluding tert-OH is 1. The number of hydrogen-bond acceptors (Lipinski definition) is 4. The summed E-state index contributed by atoms with van der Waals surface area (Å²) in [6.07, 6.45) is 3.63. The molecule has 1 fully saturated rings. The van der Waals surface area contributed by atoms with E-state index in [1.807, 2.05) is 0 Å². The first-order chi connectivity index (χ1) is 8.09. The lowest BCUT2D eigenvalue weighted by atomic mass is 9.90. The molecule has 17 heavy (non-hydrogen) atoms. The lowest BCUT2D eigenvalue weighted by Gasteiger charge is -2.25. The van der Waals surface area contributed by atoms with Gasteiger partial charge in [0.1, 0.15) is 11.5 Å². The van der Waals surface area contributed by atoms with E-state index in [-0.39, 0.29) is 17.4 Å². The van der Waals surface area contributed by atoms with Crippen molar-refractivity contribution in [2.75, 3.05) is 0 Å². The van der Waals surface area contributed by atoms with Crippen LogP contribution in [0.1, 0.15) is 37.3 Å². The van der Waals surface area contributed by atoms with Crippen LogP contribution < -0.4 is 5.73 Å². The van der Waals surface area contributed by atoms with Crippen molar-refractivity contribution in [1.82, 2.24) is 0 Å². The summed E-state index contributed by atoms with van der Waals surface area (Å²) in [4.78, 5) is 0. The highest BCUT2D eigenvalue weighted by molar-refractivity contribution is 5.41. The van der Waals surface area contributed by atoms with E-state index in [4.69, 9.17) is 5.73 Å². The molecule has 0 bridgehead atoms. The van der Waals surface area contributed by atoms with Crippen molar-refractivity contribution in [2.45, 2.75) is 37.8 Å². The van der Waals surface area contributed by atoms with Crippen molar-refractivity contribution in [3.8, 4) is 11.5 Å². The molecule has 0 radical (unpaired) electrons. The van der Waals surface area contributed by atoms with Crippen LogP contribution in [0.3, 0.4) is 0 Å². The zero-order valence-electron chi connectivity index (χ0n) is 9.71. The summed E-state index contributed by atoms with van der Waals surface area (Å²) in [5.74, 6) is 0.154. The Hall–Kier alpha value is -1.26. The third-order valence-electron chi connectivity index (χ3n) is 3.62. The lowest BCUT2D eigenvalue weighted by molar-refractivity contribution is 0.0836. The number of phenols is 2. The van der Waals surface area contributed by atoms with Crippen molar-refractivity contribution in [3.05, 3.63) is 23.8 Å². The van der Waals surface area contributed by atoms with E-state index in [0.29, 0.717) is 5.56 Å². The molecule has 1 aliphatic rings. The Morgan fingerprint density at radius 1 is 1.18 bits per heavy atom. The largest absolute Gasteiger partial charge is 0.508 e. The number of rotatable bonds is 3. The maximum absolute atomic E-state index is 10.2. The molecule has 1 aliphatic carbocycles. The second-order valence-electron chi connectivity index (χ2n) is 4.80. The van der Waals surface area contributed by atoms with Gasteiger partial charge in [0.2, 0.25) is 0 Å². The molecule has 5 N–H and O–H groups in total. The third-order valence-corrected chi connectivity index (χ3v) is 3.62. The van der Waals surface area contributed by atoms with Gasteiger partial charge in [-0.25, -0.2) is 0 Å². The Morgan fingerprint density at radius 2 is 1.82 bits per heavy atom. The average Bonchev–Trinajstić information content (AvgIpc) is 2.80. The molecule has 1 saturated carbocycles. The first-order valence-electron chi connectivity index (χ1n) is 6.05. The average molecular weight is 237 g/mol. The van der Waals surface area contributed by atoms with Gasteiger partial charge >= 0.3 is 0 Å². The van der Waals surface area contributed by atoms with Crippen LogP contribution in [0.15, 0.2) is 18.2 Å². The number of benzene rings is 1. The van der Waals surface area contributed by atoms with Gasteiger partial charge in [-0.05, 0) is 30.9 Å². The van der Waals surface area contributed by atoms with Crippen molar-refractivity contribution < 1.29 is 15.3 Å². The SMILES string of the molecule is N[C@H](c1ccc(O)cc1O)[C@@H](O)C1CCCC1. The highest BCUT2D eigenvalue weighted by Gasteiger charge is 2.29. The molecule has 94 valence electrons. The number of aliphatic hydroxyl groups is 1. The van der Waals surface area contributed by atoms with Gasteiger partial charge in [-0.2, -0.15) is 0 Å². The van der Waals surface area contributed by atoms with Crippen molar-refractivity contribution >= 4 is 0 Å². The minimum Gasteiger partial charge on any atom is -0.508 e. The molecule has 4 heteroatoms. The molecule has 0 heterocycles. The first kappa shape index (κ1) is 12.2. The quantitative estimate of drug-likeness (QED) is 0.643. The van der Waals surface area contributed by atoms with Gasteiger partial charge in [-0.1, -0.05) is 12.8 Å². The summed E-state index contributed by atoms with van der Waals surface area (Å²) in [7, 11) is 0. The fourth-order valence-corrected chi connectivity index (χ4v) is 2.59. The zero-order chi connectivity index (χ0) is 12.4. The number of aromatic hydroxyl groups is 2. The molecule has 2 rings (SSSR count). The monoisotopic (exact) mass is 237 g/mol. The van der Waals surface area contributed by atoms with Gasteiger partial charge < -0.3 is 21.1 Å². The molecular formula is C13H19NO3. The number of phenolic OH excluding ortho intramolecular Hbond substituents is 2. The minimum absolute atomic E-state index is 0.00574. The molecule has 1 aromatic carbocycles. The van der Waals surface area contributed by atoms with Crippen molar-refractivity contribution in [2.24, 2.45) is 11.7 Å². The summed E-state index contributed by atoms with van der Waals surface area (Å²) in [5, 5.41) is 29.1. The van der Waals surface area contributed by atoms with E-state index in [1.54, 1.807) is 6.07 Å². The number of hydrogen-bond donors (Lipinski definition) is 4. The zero-order valence-corrected chi connectivity index (χ0v) is 9.71. The van der Waals surface area contributed by atoms with Crippen molar-refractivity contribution in [3.63, 3.8) is 0 Å². The van der Waals surface area contributed by atoms with Crippen LogP contribution in [0.25, 0.3) is 0 Å². The number of nitrogens with two attached hydrogens (primary N) is 1. The Labute approximate surface area is 101 Å². The minimum atomic E-state index is -0.632. The maximum atomic E-state index is 10.2. The van der Waals surface area contributed by atoms with Gasteiger partial charge in [-0.3, -0.25) is 0 Å². The lowest BCUT2D eigenvalue weighted by Crippen LogP contribution is -2.31.